The fraction of sp³-hybridized carbons (Fsp3) is 0.105. The molecule has 5 nitrogen and oxygen atoms in total. The van der Waals surface area contributed by atoms with Gasteiger partial charge in [-0.1, -0.05) is 0 Å². The molecule has 1 aliphatic carbocycles. The Balaban J connectivity index is 2.34. The predicted octanol–water partition coefficient (Wildman–Crippen LogP) is 4.93. The van der Waals surface area contributed by atoms with Crippen LogP contribution in [-0.2, 0) is 0 Å². The molecule has 3 N–H and O–H groups in total. The molecule has 128 valence electrons. The first kappa shape index (κ1) is 18.2. The number of pyridine rings is 1. The van der Waals surface area contributed by atoms with Gasteiger partial charge in [0.2, 0.25) is 0 Å². The zero-order chi connectivity index (χ0) is 19.2. The van der Waals surface area contributed by atoms with E-state index in [4.69, 9.17) is 5.73 Å². The summed E-state index contributed by atoms with van der Waals surface area (Å²) in [5.41, 5.74) is 11.0. The van der Waals surface area contributed by atoms with Crippen molar-refractivity contribution >= 4 is 54.9 Å². The first-order valence-electron chi connectivity index (χ1n) is 7.52. The number of rotatable bonds is 1. The second-order valence-corrected chi connectivity index (χ2v) is 7.54. The molecular formula is C19H12Br2N4O. The number of nitriles is 2. The Hall–Kier alpha value is -2.61. The average Bonchev–Trinajstić information content (AvgIpc) is 2.84. The molecule has 0 radical (unpaired) electrons. The first-order chi connectivity index (χ1) is 12.3. The summed E-state index contributed by atoms with van der Waals surface area (Å²) in [5, 5.41) is 28.9. The number of anilines is 1. The normalized spacial score (nSPS) is 14.3. The van der Waals surface area contributed by atoms with Crippen molar-refractivity contribution in [2.45, 2.75) is 13.8 Å². The highest BCUT2D eigenvalue weighted by atomic mass is 79.9. The molecule has 1 aromatic heterocycles. The highest BCUT2D eigenvalue weighted by Crippen LogP contribution is 2.44. The summed E-state index contributed by atoms with van der Waals surface area (Å²) < 4.78 is 1.09. The van der Waals surface area contributed by atoms with E-state index in [9.17, 15) is 15.6 Å². The number of nitrogens with two attached hydrogens (primary N) is 1. The van der Waals surface area contributed by atoms with Gasteiger partial charge in [-0.3, -0.25) is 0 Å². The lowest BCUT2D eigenvalue weighted by molar-refractivity contribution is 0.468. The second kappa shape index (κ2) is 6.60. The Bertz CT molecular complexity index is 1090. The number of aromatic nitrogens is 1. The van der Waals surface area contributed by atoms with E-state index in [1.54, 1.807) is 19.1 Å². The van der Waals surface area contributed by atoms with Crippen molar-refractivity contribution in [3.8, 4) is 17.9 Å². The van der Waals surface area contributed by atoms with Gasteiger partial charge in [-0.05, 0) is 86.2 Å². The zero-order valence-corrected chi connectivity index (χ0v) is 17.0. The van der Waals surface area contributed by atoms with Crippen molar-refractivity contribution in [1.82, 2.24) is 4.98 Å². The maximum Gasteiger partial charge on any atom is 0.143 e. The van der Waals surface area contributed by atoms with Crippen LogP contribution in [0.5, 0.6) is 5.75 Å². The number of allylic oxidation sites excluding steroid dienone is 3. The minimum absolute atomic E-state index is 0.112. The fourth-order valence-electron chi connectivity index (χ4n) is 3.03. The summed E-state index contributed by atoms with van der Waals surface area (Å²) in [6.07, 6.45) is 1.90. The standard InChI is InChI=1S/C19H12Br2N4O/c1-8-11(3-10-4-14(20)18(26)15(21)5-10)16-9(2)13(7-23)19(24)25-17(16)12(8)6-22/h3-5,26H,1-2H3,(H2,24,25)/b11-3+. The minimum Gasteiger partial charge on any atom is -0.506 e. The molecule has 0 unspecified atom stereocenters. The number of phenolic OH excluding ortho intramolecular Hbond substituents is 1. The smallest absolute Gasteiger partial charge is 0.143 e. The maximum absolute atomic E-state index is 9.90. The summed E-state index contributed by atoms with van der Waals surface area (Å²) in [6.45, 7) is 3.65. The van der Waals surface area contributed by atoms with Crippen LogP contribution in [0.15, 0.2) is 26.7 Å². The van der Waals surface area contributed by atoms with Crippen molar-refractivity contribution in [3.05, 3.63) is 54.6 Å². The number of halogens is 2. The molecule has 0 saturated carbocycles. The minimum atomic E-state index is 0.112. The van der Waals surface area contributed by atoms with Crippen molar-refractivity contribution < 1.29 is 5.11 Å². The van der Waals surface area contributed by atoms with Crippen LogP contribution in [0.4, 0.5) is 5.82 Å². The molecule has 1 aliphatic rings. The van der Waals surface area contributed by atoms with E-state index in [1.165, 1.54) is 0 Å². The number of phenols is 1. The first-order valence-corrected chi connectivity index (χ1v) is 9.10. The Labute approximate surface area is 167 Å². The summed E-state index contributed by atoms with van der Waals surface area (Å²) >= 11 is 6.64. The molecule has 3 rings (SSSR count). The number of fused-ring (bicyclic) bond motifs is 1. The maximum atomic E-state index is 9.90. The van der Waals surface area contributed by atoms with Crippen LogP contribution >= 0.6 is 31.9 Å². The van der Waals surface area contributed by atoms with E-state index in [0.29, 0.717) is 31.3 Å². The number of nitrogens with zero attached hydrogens (tertiary/aromatic N) is 3. The predicted molar refractivity (Wildman–Crippen MR) is 108 cm³/mol. The van der Waals surface area contributed by atoms with E-state index in [-0.39, 0.29) is 11.6 Å². The average molecular weight is 472 g/mol. The molecule has 0 saturated heterocycles. The van der Waals surface area contributed by atoms with Gasteiger partial charge in [-0.2, -0.15) is 10.5 Å². The van der Waals surface area contributed by atoms with Gasteiger partial charge in [0.1, 0.15) is 23.7 Å². The van der Waals surface area contributed by atoms with Gasteiger partial charge in [0.25, 0.3) is 0 Å². The second-order valence-electron chi connectivity index (χ2n) is 5.84. The quantitative estimate of drug-likeness (QED) is 0.613. The van der Waals surface area contributed by atoms with Crippen LogP contribution in [0.3, 0.4) is 0 Å². The van der Waals surface area contributed by atoms with Crippen LogP contribution in [0.25, 0.3) is 17.2 Å². The van der Waals surface area contributed by atoms with Gasteiger partial charge in [-0.25, -0.2) is 4.98 Å². The lowest BCUT2D eigenvalue weighted by Crippen LogP contribution is -2.03. The summed E-state index contributed by atoms with van der Waals surface area (Å²) in [4.78, 5) is 4.30. The van der Waals surface area contributed by atoms with Crippen LogP contribution < -0.4 is 5.73 Å². The molecule has 0 bridgehead atoms. The monoisotopic (exact) mass is 470 g/mol. The van der Waals surface area contributed by atoms with E-state index in [2.05, 4.69) is 49.0 Å². The Morgan fingerprint density at radius 2 is 1.77 bits per heavy atom. The molecule has 0 fully saturated rings. The van der Waals surface area contributed by atoms with Crippen molar-refractivity contribution in [3.63, 3.8) is 0 Å². The van der Waals surface area contributed by atoms with E-state index >= 15 is 0 Å². The molecule has 0 atom stereocenters. The Morgan fingerprint density at radius 1 is 1.15 bits per heavy atom. The van der Waals surface area contributed by atoms with Crippen LogP contribution in [-0.4, -0.2) is 10.1 Å². The molecule has 0 amide bonds. The van der Waals surface area contributed by atoms with Gasteiger partial charge in [0.15, 0.2) is 0 Å². The SMILES string of the molecule is CC1=C(C#N)c2nc(N)c(C#N)c(C)c2/C1=C/c1cc(Br)c(O)c(Br)c1. The number of benzene rings is 1. The summed E-state index contributed by atoms with van der Waals surface area (Å²) in [5.74, 6) is 0.238. The highest BCUT2D eigenvalue weighted by Gasteiger charge is 2.29. The lowest BCUT2D eigenvalue weighted by Gasteiger charge is -2.11. The van der Waals surface area contributed by atoms with Crippen LogP contribution in [0.2, 0.25) is 0 Å². The Kier molecular flexibility index (Phi) is 4.62. The summed E-state index contributed by atoms with van der Waals surface area (Å²) in [6, 6.07) is 7.82. The molecular weight excluding hydrogens is 460 g/mol. The molecule has 0 spiro atoms. The molecule has 1 aromatic carbocycles. The molecule has 1 heterocycles. The Morgan fingerprint density at radius 3 is 2.31 bits per heavy atom. The number of nitrogen functional groups attached to an aromatic ring is 1. The highest BCUT2D eigenvalue weighted by molar-refractivity contribution is 9.11. The topological polar surface area (TPSA) is 107 Å². The van der Waals surface area contributed by atoms with Gasteiger partial charge in [0, 0.05) is 5.56 Å². The number of hydrogen-bond acceptors (Lipinski definition) is 5. The zero-order valence-electron chi connectivity index (χ0n) is 13.9. The van der Waals surface area contributed by atoms with Crippen LogP contribution in [0.1, 0.15) is 34.9 Å². The number of aromatic hydroxyl groups is 1. The molecule has 7 heteroatoms. The third-order valence-corrected chi connectivity index (χ3v) is 5.54. The number of hydrogen-bond donors (Lipinski definition) is 2. The van der Waals surface area contributed by atoms with Crippen molar-refractivity contribution in [2.75, 3.05) is 5.73 Å². The summed E-state index contributed by atoms with van der Waals surface area (Å²) in [7, 11) is 0. The van der Waals surface area contributed by atoms with Crippen LogP contribution in [0, 0.1) is 29.6 Å². The van der Waals surface area contributed by atoms with Gasteiger partial charge >= 0.3 is 0 Å². The van der Waals surface area contributed by atoms with Gasteiger partial charge < -0.3 is 10.8 Å². The molecule has 0 aliphatic heterocycles. The van der Waals surface area contributed by atoms with Gasteiger partial charge in [-0.15, -0.1) is 0 Å². The molecule has 2 aromatic rings. The third kappa shape index (κ3) is 2.70. The van der Waals surface area contributed by atoms with E-state index in [1.807, 2.05) is 13.0 Å². The van der Waals surface area contributed by atoms with Gasteiger partial charge in [0.05, 0.1) is 25.8 Å². The third-order valence-electron chi connectivity index (χ3n) is 4.33. The molecule has 26 heavy (non-hydrogen) atoms. The van der Waals surface area contributed by atoms with E-state index < -0.39 is 0 Å². The largest absolute Gasteiger partial charge is 0.506 e. The fourth-order valence-corrected chi connectivity index (χ4v) is 4.25. The van der Waals surface area contributed by atoms with Crippen molar-refractivity contribution in [2.24, 2.45) is 0 Å². The van der Waals surface area contributed by atoms with E-state index in [0.717, 1.165) is 22.3 Å². The lowest BCUT2D eigenvalue weighted by atomic mass is 9.95. The van der Waals surface area contributed by atoms with Crippen molar-refractivity contribution in [1.29, 1.82) is 10.5 Å².